The lowest BCUT2D eigenvalue weighted by Crippen LogP contribution is -2.35. The first-order valence-electron chi connectivity index (χ1n) is 12.6. The van der Waals surface area contributed by atoms with Crippen molar-refractivity contribution < 1.29 is 17.7 Å². The third-order valence-electron chi connectivity index (χ3n) is 5.83. The number of carbonyl (C=O) groups is 1. The number of sulfonamides is 1. The SMILES string of the molecule is CCCCCCCCCCCCCCCC[N+](C)(C)C.O=C1NS(=O)(=O)c2ccccc21. The summed E-state index contributed by atoms with van der Waals surface area (Å²) in [6, 6.07) is 6.09. The molecule has 1 aliphatic heterocycles. The van der Waals surface area contributed by atoms with Gasteiger partial charge in [-0.25, -0.2) is 13.1 Å². The molecule has 0 aliphatic carbocycles. The van der Waals surface area contributed by atoms with Crippen LogP contribution in [0.5, 0.6) is 0 Å². The van der Waals surface area contributed by atoms with Gasteiger partial charge in [0.1, 0.15) is 4.90 Å². The monoisotopic (exact) mass is 467 g/mol. The number of rotatable bonds is 15. The zero-order valence-corrected chi connectivity index (χ0v) is 21.8. The van der Waals surface area contributed by atoms with Crippen LogP contribution >= 0.6 is 0 Å². The van der Waals surface area contributed by atoms with E-state index in [2.05, 4.69) is 28.1 Å². The second-order valence-corrected chi connectivity index (χ2v) is 11.7. The minimum absolute atomic E-state index is 0.0648. The van der Waals surface area contributed by atoms with E-state index in [4.69, 9.17) is 0 Å². The summed E-state index contributed by atoms with van der Waals surface area (Å²) in [5.74, 6) is -0.550. The summed E-state index contributed by atoms with van der Waals surface area (Å²) in [6.07, 6.45) is 20.4. The van der Waals surface area contributed by atoms with E-state index in [1.54, 1.807) is 12.1 Å². The molecule has 0 unspecified atom stereocenters. The molecule has 184 valence electrons. The number of hydrogen-bond donors (Lipinski definition) is 1. The fourth-order valence-corrected chi connectivity index (χ4v) is 5.07. The van der Waals surface area contributed by atoms with E-state index in [1.165, 1.54) is 109 Å². The fraction of sp³-hybridized carbons (Fsp3) is 0.731. The predicted octanol–water partition coefficient (Wildman–Crippen LogP) is 6.29. The normalized spacial score (nSPS) is 14.4. The van der Waals surface area contributed by atoms with Crippen molar-refractivity contribution >= 4 is 15.9 Å². The van der Waals surface area contributed by atoms with Crippen molar-refractivity contribution in [3.63, 3.8) is 0 Å². The Bertz CT molecular complexity index is 755. The molecular formula is C26H47N2O3S+. The molecule has 1 aromatic carbocycles. The highest BCUT2D eigenvalue weighted by Crippen LogP contribution is 2.20. The van der Waals surface area contributed by atoms with Crippen molar-refractivity contribution in [3.05, 3.63) is 29.8 Å². The first kappa shape index (κ1) is 28.6. The number of quaternary nitrogens is 1. The van der Waals surface area contributed by atoms with Gasteiger partial charge in [0.15, 0.2) is 0 Å². The van der Waals surface area contributed by atoms with Crippen LogP contribution in [-0.4, -0.2) is 46.5 Å². The van der Waals surface area contributed by atoms with Gasteiger partial charge in [0.25, 0.3) is 15.9 Å². The van der Waals surface area contributed by atoms with E-state index in [9.17, 15) is 13.2 Å². The highest BCUT2D eigenvalue weighted by molar-refractivity contribution is 7.90. The van der Waals surface area contributed by atoms with Crippen LogP contribution in [0.4, 0.5) is 0 Å². The van der Waals surface area contributed by atoms with Gasteiger partial charge in [0.2, 0.25) is 0 Å². The summed E-state index contributed by atoms with van der Waals surface area (Å²) >= 11 is 0. The predicted molar refractivity (Wildman–Crippen MR) is 134 cm³/mol. The van der Waals surface area contributed by atoms with Crippen molar-refractivity contribution in [1.29, 1.82) is 0 Å². The van der Waals surface area contributed by atoms with Crippen molar-refractivity contribution in [3.8, 4) is 0 Å². The van der Waals surface area contributed by atoms with Gasteiger partial charge < -0.3 is 4.48 Å². The summed E-state index contributed by atoms with van der Waals surface area (Å²) in [6.45, 7) is 3.63. The molecule has 32 heavy (non-hydrogen) atoms. The Morgan fingerprint density at radius 3 is 1.59 bits per heavy atom. The number of nitrogens with zero attached hydrogens (tertiary/aromatic N) is 1. The first-order valence-corrected chi connectivity index (χ1v) is 14.1. The molecule has 1 aromatic rings. The number of fused-ring (bicyclic) bond motifs is 1. The summed E-state index contributed by atoms with van der Waals surface area (Å²) < 4.78 is 25.3. The fourth-order valence-electron chi connectivity index (χ4n) is 3.90. The molecule has 1 amide bonds. The average Bonchev–Trinajstić information content (AvgIpc) is 2.97. The van der Waals surface area contributed by atoms with Crippen LogP contribution in [0.1, 0.15) is 107 Å². The Labute approximate surface area is 197 Å². The van der Waals surface area contributed by atoms with E-state index in [-0.39, 0.29) is 10.5 Å². The standard InChI is InChI=1S/C19H42N.C7H5NO3S/c1-5-6-7-8-9-10-11-12-13-14-15-16-17-18-19-20(2,3)4;9-7-5-3-1-2-4-6(5)12(10,11)8-7/h5-19H2,1-4H3;1-4H,(H,8,9)/q+1;. The number of hydrogen-bond acceptors (Lipinski definition) is 3. The third-order valence-corrected chi connectivity index (χ3v) is 7.22. The Hall–Kier alpha value is -1.40. The number of carbonyl (C=O) groups excluding carboxylic acids is 1. The molecule has 1 aliphatic rings. The maximum atomic E-state index is 11.1. The molecule has 0 fully saturated rings. The quantitative estimate of drug-likeness (QED) is 0.243. The number of unbranched alkanes of at least 4 members (excludes halogenated alkanes) is 13. The van der Waals surface area contributed by atoms with Gasteiger partial charge in [-0.1, -0.05) is 96.1 Å². The van der Waals surface area contributed by atoms with Gasteiger partial charge in [-0.3, -0.25) is 4.79 Å². The molecule has 0 spiro atoms. The van der Waals surface area contributed by atoms with Crippen molar-refractivity contribution in [2.24, 2.45) is 0 Å². The molecule has 0 radical (unpaired) electrons. The highest BCUT2D eigenvalue weighted by atomic mass is 32.2. The maximum absolute atomic E-state index is 11.1. The summed E-state index contributed by atoms with van der Waals surface area (Å²) in [5.41, 5.74) is 0.220. The molecule has 1 N–H and O–H groups in total. The van der Waals surface area contributed by atoms with Crippen LogP contribution in [0.2, 0.25) is 0 Å². The zero-order chi connectivity index (χ0) is 23.9. The average molecular weight is 468 g/mol. The smallest absolute Gasteiger partial charge is 0.266 e. The van der Waals surface area contributed by atoms with Gasteiger partial charge >= 0.3 is 0 Å². The van der Waals surface area contributed by atoms with Gasteiger partial charge in [-0.15, -0.1) is 0 Å². The van der Waals surface area contributed by atoms with Gasteiger partial charge in [-0.2, -0.15) is 0 Å². The van der Waals surface area contributed by atoms with Crippen LogP contribution in [0.15, 0.2) is 29.2 Å². The topological polar surface area (TPSA) is 63.2 Å². The maximum Gasteiger partial charge on any atom is 0.266 e. The molecule has 0 saturated heterocycles. The Kier molecular flexibility index (Phi) is 13.8. The minimum Gasteiger partial charge on any atom is -0.331 e. The van der Waals surface area contributed by atoms with Crippen molar-refractivity contribution in [2.75, 3.05) is 27.7 Å². The molecule has 0 saturated carbocycles. The summed E-state index contributed by atoms with van der Waals surface area (Å²) in [5, 5.41) is 0. The molecule has 5 nitrogen and oxygen atoms in total. The molecule has 0 bridgehead atoms. The van der Waals surface area contributed by atoms with Gasteiger partial charge in [0, 0.05) is 0 Å². The van der Waals surface area contributed by atoms with E-state index < -0.39 is 15.9 Å². The Morgan fingerprint density at radius 2 is 1.16 bits per heavy atom. The molecule has 2 rings (SSSR count). The molecule has 0 aromatic heterocycles. The van der Waals surface area contributed by atoms with Crippen LogP contribution in [0.3, 0.4) is 0 Å². The molecule has 0 atom stereocenters. The molecular weight excluding hydrogens is 420 g/mol. The van der Waals surface area contributed by atoms with E-state index in [0.717, 1.165) is 4.48 Å². The number of nitrogens with one attached hydrogen (secondary N) is 1. The van der Waals surface area contributed by atoms with Crippen LogP contribution < -0.4 is 4.72 Å². The zero-order valence-electron chi connectivity index (χ0n) is 21.0. The van der Waals surface area contributed by atoms with Gasteiger partial charge in [-0.05, 0) is 25.0 Å². The lowest BCUT2D eigenvalue weighted by Gasteiger charge is -2.23. The van der Waals surface area contributed by atoms with E-state index in [0.29, 0.717) is 0 Å². The third kappa shape index (κ3) is 12.6. The lowest BCUT2D eigenvalue weighted by molar-refractivity contribution is -0.870. The van der Waals surface area contributed by atoms with Crippen LogP contribution in [0, 0.1) is 0 Å². The lowest BCUT2D eigenvalue weighted by atomic mass is 10.0. The largest absolute Gasteiger partial charge is 0.331 e. The second-order valence-electron chi connectivity index (χ2n) is 10.0. The van der Waals surface area contributed by atoms with Crippen LogP contribution in [0.25, 0.3) is 0 Å². The second kappa shape index (κ2) is 15.4. The summed E-state index contributed by atoms with van der Waals surface area (Å²) in [7, 11) is 3.33. The van der Waals surface area contributed by atoms with Crippen molar-refractivity contribution in [2.45, 2.75) is 102 Å². The first-order chi connectivity index (χ1) is 15.2. The minimum atomic E-state index is -3.55. The number of benzene rings is 1. The number of amides is 1. The summed E-state index contributed by atoms with van der Waals surface area (Å²) in [4.78, 5) is 11.1. The van der Waals surface area contributed by atoms with E-state index in [1.807, 2.05) is 4.72 Å². The van der Waals surface area contributed by atoms with Gasteiger partial charge in [0.05, 0.1) is 33.3 Å². The van der Waals surface area contributed by atoms with Crippen molar-refractivity contribution in [1.82, 2.24) is 4.72 Å². The highest BCUT2D eigenvalue weighted by Gasteiger charge is 2.31. The van der Waals surface area contributed by atoms with Crippen LogP contribution in [-0.2, 0) is 10.0 Å². The Morgan fingerprint density at radius 1 is 0.719 bits per heavy atom. The van der Waals surface area contributed by atoms with E-state index >= 15 is 0 Å². The molecule has 1 heterocycles. The Balaban J connectivity index is 0.000000357. The molecule has 6 heteroatoms.